The van der Waals surface area contributed by atoms with Gasteiger partial charge in [0.05, 0.1) is 23.0 Å². The molecule has 0 aliphatic heterocycles. The minimum Gasteiger partial charge on any atom is -0.318 e. The number of hydrogen-bond donors (Lipinski definition) is 0. The van der Waals surface area contributed by atoms with Gasteiger partial charge in [0.15, 0.2) is 0 Å². The largest absolute Gasteiger partial charge is 0.318 e. The third-order valence-electron chi connectivity index (χ3n) is 3.59. The molecule has 0 aliphatic rings. The summed E-state index contributed by atoms with van der Waals surface area (Å²) in [5.74, 6) is 1.72. The number of halogens is 2. The Morgan fingerprint density at radius 2 is 2.10 bits per heavy atom. The first kappa shape index (κ1) is 14.9. The van der Waals surface area contributed by atoms with Gasteiger partial charge in [-0.25, -0.2) is 4.98 Å². The molecule has 3 aromatic rings. The van der Waals surface area contributed by atoms with Crippen molar-refractivity contribution in [1.82, 2.24) is 9.55 Å². The zero-order valence-electron chi connectivity index (χ0n) is 11.9. The fraction of sp³-hybridized carbons (Fsp3) is 0.312. The van der Waals surface area contributed by atoms with Crippen LogP contribution < -0.4 is 0 Å². The molecule has 0 fully saturated rings. The van der Waals surface area contributed by atoms with E-state index in [9.17, 15) is 0 Å². The summed E-state index contributed by atoms with van der Waals surface area (Å²) in [7, 11) is 0. The number of fused-ring (bicyclic) bond motifs is 1. The predicted octanol–water partition coefficient (Wildman–Crippen LogP) is 5.74. The van der Waals surface area contributed by atoms with Gasteiger partial charge in [-0.05, 0) is 35.6 Å². The molecule has 2 aromatic heterocycles. The third kappa shape index (κ3) is 2.70. The number of nitrogens with zero attached hydrogens (tertiary/aromatic N) is 2. The Morgan fingerprint density at radius 1 is 1.29 bits per heavy atom. The van der Waals surface area contributed by atoms with Crippen LogP contribution in [0.15, 0.2) is 35.7 Å². The summed E-state index contributed by atoms with van der Waals surface area (Å²) < 4.78 is 2.26. The van der Waals surface area contributed by atoms with Crippen molar-refractivity contribution < 1.29 is 0 Å². The van der Waals surface area contributed by atoms with Crippen molar-refractivity contribution in [1.29, 1.82) is 0 Å². The van der Waals surface area contributed by atoms with Crippen LogP contribution in [0.3, 0.4) is 0 Å². The number of alkyl halides is 1. The number of rotatable bonds is 4. The minimum atomic E-state index is 0.241. The molecular formula is C16H16Cl2N2S. The van der Waals surface area contributed by atoms with Crippen LogP contribution >= 0.6 is 34.5 Å². The Bertz CT molecular complexity index is 747. The van der Waals surface area contributed by atoms with Crippen LogP contribution in [0.5, 0.6) is 0 Å². The Kier molecular flexibility index (Phi) is 4.25. The Labute approximate surface area is 138 Å². The highest BCUT2D eigenvalue weighted by Crippen LogP contribution is 2.35. The smallest absolute Gasteiger partial charge is 0.125 e. The molecule has 2 heterocycles. The molecule has 1 atom stereocenters. The van der Waals surface area contributed by atoms with Crippen LogP contribution in [-0.2, 0) is 5.88 Å². The van der Waals surface area contributed by atoms with Crippen molar-refractivity contribution in [3.05, 3.63) is 51.4 Å². The number of imidazole rings is 1. The van der Waals surface area contributed by atoms with Gasteiger partial charge in [-0.3, -0.25) is 0 Å². The first-order valence-corrected chi connectivity index (χ1v) is 8.66. The summed E-state index contributed by atoms with van der Waals surface area (Å²) in [6.07, 6.45) is 0. The Morgan fingerprint density at radius 3 is 2.71 bits per heavy atom. The molecule has 1 aromatic carbocycles. The lowest BCUT2D eigenvalue weighted by Crippen LogP contribution is -2.17. The fourth-order valence-corrected chi connectivity index (χ4v) is 4.08. The van der Waals surface area contributed by atoms with Crippen LogP contribution in [0.4, 0.5) is 0 Å². The molecule has 0 amide bonds. The lowest BCUT2D eigenvalue weighted by molar-refractivity contribution is 0.444. The summed E-state index contributed by atoms with van der Waals surface area (Å²) in [6.45, 7) is 4.45. The van der Waals surface area contributed by atoms with E-state index in [2.05, 4.69) is 40.9 Å². The lowest BCUT2D eigenvalue weighted by atomic mass is 10.0. The van der Waals surface area contributed by atoms with Gasteiger partial charge < -0.3 is 4.57 Å². The minimum absolute atomic E-state index is 0.241. The van der Waals surface area contributed by atoms with Gasteiger partial charge in [0, 0.05) is 9.90 Å². The Balaban J connectivity index is 2.26. The van der Waals surface area contributed by atoms with Crippen molar-refractivity contribution >= 4 is 45.6 Å². The highest BCUT2D eigenvalue weighted by molar-refractivity contribution is 7.10. The van der Waals surface area contributed by atoms with Gasteiger partial charge in [0.1, 0.15) is 5.82 Å². The van der Waals surface area contributed by atoms with Gasteiger partial charge >= 0.3 is 0 Å². The van der Waals surface area contributed by atoms with Crippen molar-refractivity contribution in [3.8, 4) is 0 Å². The van der Waals surface area contributed by atoms with E-state index in [1.807, 2.05) is 18.2 Å². The summed E-state index contributed by atoms with van der Waals surface area (Å²) in [5.41, 5.74) is 1.99. The van der Waals surface area contributed by atoms with Crippen LogP contribution in [0.1, 0.15) is 30.6 Å². The van der Waals surface area contributed by atoms with Gasteiger partial charge in [0.25, 0.3) is 0 Å². The maximum Gasteiger partial charge on any atom is 0.125 e. The molecule has 0 saturated carbocycles. The lowest BCUT2D eigenvalue weighted by Gasteiger charge is -2.24. The quantitative estimate of drug-likeness (QED) is 0.555. The third-order valence-corrected chi connectivity index (χ3v) is 5.01. The van der Waals surface area contributed by atoms with Crippen LogP contribution in [0.2, 0.25) is 5.02 Å². The van der Waals surface area contributed by atoms with E-state index in [4.69, 9.17) is 23.2 Å². The maximum absolute atomic E-state index is 6.14. The van der Waals surface area contributed by atoms with E-state index >= 15 is 0 Å². The van der Waals surface area contributed by atoms with E-state index in [1.165, 1.54) is 4.88 Å². The fourth-order valence-electron chi connectivity index (χ4n) is 2.74. The average Bonchev–Trinajstić information content (AvgIpc) is 3.07. The molecule has 2 nitrogen and oxygen atoms in total. The van der Waals surface area contributed by atoms with Crippen molar-refractivity contribution in [3.63, 3.8) is 0 Å². The molecule has 21 heavy (non-hydrogen) atoms. The topological polar surface area (TPSA) is 17.8 Å². The SMILES string of the molecule is CC(C)C(c1cccs1)n1c(CCl)nc2cc(Cl)ccc21. The number of aromatic nitrogens is 2. The molecule has 110 valence electrons. The summed E-state index contributed by atoms with van der Waals surface area (Å²) in [6, 6.07) is 10.3. The predicted molar refractivity (Wildman–Crippen MR) is 91.6 cm³/mol. The van der Waals surface area contributed by atoms with Gasteiger partial charge in [-0.1, -0.05) is 31.5 Å². The highest BCUT2D eigenvalue weighted by Gasteiger charge is 2.24. The van der Waals surface area contributed by atoms with E-state index in [0.717, 1.165) is 16.9 Å². The Hall–Kier alpha value is -1.03. The molecule has 0 saturated heterocycles. The molecule has 0 aliphatic carbocycles. The van der Waals surface area contributed by atoms with Crippen molar-refractivity contribution in [2.45, 2.75) is 25.8 Å². The van der Waals surface area contributed by atoms with E-state index in [0.29, 0.717) is 16.8 Å². The summed E-state index contributed by atoms with van der Waals surface area (Å²) in [5, 5.41) is 2.81. The van der Waals surface area contributed by atoms with Crippen LogP contribution in [0, 0.1) is 5.92 Å². The molecule has 1 unspecified atom stereocenters. The molecule has 0 bridgehead atoms. The summed E-state index contributed by atoms with van der Waals surface area (Å²) >= 11 is 14.0. The van der Waals surface area contributed by atoms with Gasteiger partial charge in [0.2, 0.25) is 0 Å². The molecular weight excluding hydrogens is 323 g/mol. The van der Waals surface area contributed by atoms with Crippen molar-refractivity contribution in [2.75, 3.05) is 0 Å². The average molecular weight is 339 g/mol. The molecule has 0 radical (unpaired) electrons. The standard InChI is InChI=1S/C16H16Cl2N2S/c1-10(2)16(14-4-3-7-21-14)20-13-6-5-11(18)8-12(13)19-15(20)9-17/h3-8,10,16H,9H2,1-2H3. The second kappa shape index (κ2) is 5.99. The first-order valence-electron chi connectivity index (χ1n) is 6.87. The molecule has 3 rings (SSSR count). The zero-order chi connectivity index (χ0) is 15.0. The molecule has 5 heteroatoms. The zero-order valence-corrected chi connectivity index (χ0v) is 14.2. The van der Waals surface area contributed by atoms with E-state index < -0.39 is 0 Å². The normalized spacial score (nSPS) is 13.2. The van der Waals surface area contributed by atoms with E-state index in [-0.39, 0.29) is 6.04 Å². The maximum atomic E-state index is 6.14. The van der Waals surface area contributed by atoms with Gasteiger partial charge in [-0.15, -0.1) is 22.9 Å². The monoisotopic (exact) mass is 338 g/mol. The highest BCUT2D eigenvalue weighted by atomic mass is 35.5. The first-order chi connectivity index (χ1) is 10.1. The van der Waals surface area contributed by atoms with Crippen LogP contribution in [0.25, 0.3) is 11.0 Å². The van der Waals surface area contributed by atoms with E-state index in [1.54, 1.807) is 11.3 Å². The number of benzene rings is 1. The summed E-state index contributed by atoms with van der Waals surface area (Å²) in [4.78, 5) is 5.98. The second-order valence-electron chi connectivity index (χ2n) is 5.37. The molecule has 0 N–H and O–H groups in total. The number of thiophene rings is 1. The molecule has 0 spiro atoms. The van der Waals surface area contributed by atoms with Crippen LogP contribution in [-0.4, -0.2) is 9.55 Å². The van der Waals surface area contributed by atoms with Gasteiger partial charge in [-0.2, -0.15) is 0 Å². The second-order valence-corrected chi connectivity index (χ2v) is 7.05. The number of hydrogen-bond acceptors (Lipinski definition) is 2. The van der Waals surface area contributed by atoms with Crippen molar-refractivity contribution in [2.24, 2.45) is 5.92 Å².